The van der Waals surface area contributed by atoms with Crippen LogP contribution in [0.5, 0.6) is 5.75 Å². The quantitative estimate of drug-likeness (QED) is 0.521. The van der Waals surface area contributed by atoms with E-state index < -0.39 is 0 Å². The molecule has 128 valence electrons. The maximum Gasteiger partial charge on any atom is 0.138 e. The third-order valence-electron chi connectivity index (χ3n) is 4.23. The summed E-state index contributed by atoms with van der Waals surface area (Å²) in [5.41, 5.74) is 3.23. The van der Waals surface area contributed by atoms with E-state index in [-0.39, 0.29) is 0 Å². The van der Waals surface area contributed by atoms with Gasteiger partial charge in [-0.05, 0) is 48.4 Å². The first-order valence-electron chi connectivity index (χ1n) is 8.29. The average molecular weight is 418 g/mol. The summed E-state index contributed by atoms with van der Waals surface area (Å²) in [6.07, 6.45) is 5.14. The number of H-pyrrole nitrogens is 1. The molecular formula is C20H18BrClN2O. The summed E-state index contributed by atoms with van der Waals surface area (Å²) in [5, 5.41) is 5.11. The summed E-state index contributed by atoms with van der Waals surface area (Å²) in [6, 6.07) is 14.8. The molecule has 25 heavy (non-hydrogen) atoms. The Balaban J connectivity index is 1.49. The molecule has 1 aliphatic heterocycles. The highest BCUT2D eigenvalue weighted by atomic mass is 79.9. The van der Waals surface area contributed by atoms with Crippen molar-refractivity contribution in [3.8, 4) is 5.75 Å². The molecule has 4 rings (SSSR count). The van der Waals surface area contributed by atoms with E-state index in [1.807, 2.05) is 24.3 Å². The van der Waals surface area contributed by atoms with E-state index in [2.05, 4.69) is 56.6 Å². The zero-order valence-corrected chi connectivity index (χ0v) is 15.9. The zero-order chi connectivity index (χ0) is 17.2. The largest absolute Gasteiger partial charge is 0.492 e. The molecule has 1 aliphatic rings. The third kappa shape index (κ3) is 4.27. The maximum absolute atomic E-state index is 6.24. The van der Waals surface area contributed by atoms with Crippen molar-refractivity contribution in [3.05, 3.63) is 63.2 Å². The fraction of sp³-hybridized carbons (Fsp3) is 0.200. The van der Waals surface area contributed by atoms with Crippen LogP contribution in [0.3, 0.4) is 0 Å². The van der Waals surface area contributed by atoms with Gasteiger partial charge in [0.2, 0.25) is 0 Å². The van der Waals surface area contributed by atoms with Crippen molar-refractivity contribution >= 4 is 50.6 Å². The Labute approximate surface area is 160 Å². The number of aromatic nitrogens is 1. The first-order chi connectivity index (χ1) is 12.2. The highest BCUT2D eigenvalue weighted by molar-refractivity contribution is 9.10. The lowest BCUT2D eigenvalue weighted by Gasteiger charge is -2.08. The molecule has 1 atom stereocenters. The van der Waals surface area contributed by atoms with Gasteiger partial charge in [0.15, 0.2) is 0 Å². The van der Waals surface area contributed by atoms with Gasteiger partial charge in [-0.25, -0.2) is 0 Å². The number of aromatic amines is 1. The molecular weight excluding hydrogens is 400 g/mol. The summed E-state index contributed by atoms with van der Waals surface area (Å²) in [7, 11) is 0. The van der Waals surface area contributed by atoms with Crippen LogP contribution in [0.1, 0.15) is 17.7 Å². The summed E-state index contributed by atoms with van der Waals surface area (Å²) >= 11 is 9.73. The van der Waals surface area contributed by atoms with Crippen molar-refractivity contribution in [2.45, 2.75) is 12.5 Å². The predicted octanol–water partition coefficient (Wildman–Crippen LogP) is 5.49. The minimum Gasteiger partial charge on any atom is -0.492 e. The van der Waals surface area contributed by atoms with Crippen molar-refractivity contribution in [2.75, 3.05) is 13.2 Å². The molecule has 0 aliphatic carbocycles. The van der Waals surface area contributed by atoms with Gasteiger partial charge in [-0.1, -0.05) is 45.7 Å². The molecule has 3 aromatic rings. The normalized spacial score (nSPS) is 16.6. The van der Waals surface area contributed by atoms with Crippen LogP contribution in [0.4, 0.5) is 0 Å². The standard InChI is InChI=1S/C20H18BrClN2O/c21-15-4-3-14-10-16(24-19(14)11-15)5-1-13-2-6-18(22)20(9-13)25-8-7-17-12-23-17/h1-6,9-11,17,23-24H,7-8,12H2/b5-1+. The van der Waals surface area contributed by atoms with Crippen LogP contribution in [0.15, 0.2) is 46.9 Å². The molecule has 3 nitrogen and oxygen atoms in total. The Morgan fingerprint density at radius 2 is 2.04 bits per heavy atom. The summed E-state index contributed by atoms with van der Waals surface area (Å²) in [4.78, 5) is 3.41. The number of nitrogens with one attached hydrogen (secondary N) is 2. The van der Waals surface area contributed by atoms with Crippen LogP contribution >= 0.6 is 27.5 Å². The van der Waals surface area contributed by atoms with Gasteiger partial charge in [0.25, 0.3) is 0 Å². The molecule has 1 saturated heterocycles. The minimum atomic E-state index is 0.615. The summed E-state index contributed by atoms with van der Waals surface area (Å²) < 4.78 is 6.89. The van der Waals surface area contributed by atoms with Crippen molar-refractivity contribution in [1.29, 1.82) is 0 Å². The third-order valence-corrected chi connectivity index (χ3v) is 5.04. The van der Waals surface area contributed by atoms with E-state index in [1.165, 1.54) is 5.39 Å². The molecule has 0 saturated carbocycles. The van der Waals surface area contributed by atoms with E-state index in [4.69, 9.17) is 16.3 Å². The molecule has 0 spiro atoms. The molecule has 1 unspecified atom stereocenters. The maximum atomic E-state index is 6.24. The van der Waals surface area contributed by atoms with Crippen LogP contribution in [-0.2, 0) is 0 Å². The fourth-order valence-corrected chi connectivity index (χ4v) is 3.26. The van der Waals surface area contributed by atoms with Crippen molar-refractivity contribution < 1.29 is 4.74 Å². The smallest absolute Gasteiger partial charge is 0.138 e. The average Bonchev–Trinajstić information content (AvgIpc) is 3.33. The molecule has 1 fully saturated rings. The number of hydrogen-bond donors (Lipinski definition) is 2. The van der Waals surface area contributed by atoms with Crippen molar-refractivity contribution in [2.24, 2.45) is 0 Å². The van der Waals surface area contributed by atoms with Crippen LogP contribution in [0.25, 0.3) is 23.1 Å². The number of fused-ring (bicyclic) bond motifs is 1. The molecule has 0 radical (unpaired) electrons. The first-order valence-corrected chi connectivity index (χ1v) is 9.46. The van der Waals surface area contributed by atoms with Crippen LogP contribution in [0, 0.1) is 0 Å². The monoisotopic (exact) mass is 416 g/mol. The number of benzene rings is 2. The van der Waals surface area contributed by atoms with E-state index in [1.54, 1.807) is 0 Å². The Hall–Kier alpha value is -1.75. The van der Waals surface area contributed by atoms with Crippen LogP contribution in [-0.4, -0.2) is 24.2 Å². The van der Waals surface area contributed by atoms with E-state index in [0.29, 0.717) is 17.7 Å². The number of hydrogen-bond acceptors (Lipinski definition) is 2. The second-order valence-electron chi connectivity index (χ2n) is 6.22. The highest BCUT2D eigenvalue weighted by Gasteiger charge is 2.19. The van der Waals surface area contributed by atoms with Gasteiger partial charge in [-0.2, -0.15) is 0 Å². The molecule has 5 heteroatoms. The Morgan fingerprint density at radius 1 is 1.16 bits per heavy atom. The lowest BCUT2D eigenvalue weighted by molar-refractivity contribution is 0.310. The Kier molecular flexibility index (Phi) is 4.84. The van der Waals surface area contributed by atoms with Gasteiger partial charge in [0, 0.05) is 33.7 Å². The number of halogens is 2. The van der Waals surface area contributed by atoms with E-state index in [9.17, 15) is 0 Å². The van der Waals surface area contributed by atoms with Gasteiger partial charge in [-0.3, -0.25) is 0 Å². The van der Waals surface area contributed by atoms with Crippen molar-refractivity contribution in [1.82, 2.24) is 10.3 Å². The number of ether oxygens (including phenoxy) is 1. The topological polar surface area (TPSA) is 47.0 Å². The van der Waals surface area contributed by atoms with Crippen molar-refractivity contribution in [3.63, 3.8) is 0 Å². The molecule has 2 N–H and O–H groups in total. The lowest BCUT2D eigenvalue weighted by atomic mass is 10.2. The Bertz CT molecular complexity index is 931. The number of rotatable bonds is 6. The second-order valence-corrected chi connectivity index (χ2v) is 7.54. The van der Waals surface area contributed by atoms with Crippen LogP contribution in [0.2, 0.25) is 5.02 Å². The second kappa shape index (κ2) is 7.24. The SMILES string of the molecule is Clc1ccc(/C=C/c2cc3ccc(Br)cc3[nH]2)cc1OCCC1CN1. The zero-order valence-electron chi connectivity index (χ0n) is 13.6. The summed E-state index contributed by atoms with van der Waals surface area (Å²) in [6.45, 7) is 1.78. The summed E-state index contributed by atoms with van der Waals surface area (Å²) in [5.74, 6) is 0.741. The molecule has 2 heterocycles. The first kappa shape index (κ1) is 16.7. The van der Waals surface area contributed by atoms with Gasteiger partial charge >= 0.3 is 0 Å². The van der Waals surface area contributed by atoms with E-state index >= 15 is 0 Å². The van der Waals surface area contributed by atoms with Gasteiger partial charge < -0.3 is 15.0 Å². The molecule has 2 aromatic carbocycles. The Morgan fingerprint density at radius 3 is 2.88 bits per heavy atom. The van der Waals surface area contributed by atoms with Gasteiger partial charge in [0.05, 0.1) is 11.6 Å². The minimum absolute atomic E-state index is 0.615. The molecule has 0 amide bonds. The van der Waals surface area contributed by atoms with Gasteiger partial charge in [0.1, 0.15) is 5.75 Å². The fourth-order valence-electron chi connectivity index (χ4n) is 2.73. The molecule has 0 bridgehead atoms. The van der Waals surface area contributed by atoms with Crippen LogP contribution < -0.4 is 10.1 Å². The lowest BCUT2D eigenvalue weighted by Crippen LogP contribution is -2.03. The highest BCUT2D eigenvalue weighted by Crippen LogP contribution is 2.27. The molecule has 1 aromatic heterocycles. The predicted molar refractivity (Wildman–Crippen MR) is 108 cm³/mol. The van der Waals surface area contributed by atoms with E-state index in [0.717, 1.165) is 40.0 Å². The van der Waals surface area contributed by atoms with Gasteiger partial charge in [-0.15, -0.1) is 0 Å².